The third kappa shape index (κ3) is 4.15. The molecule has 1 aromatic rings. The monoisotopic (exact) mass is 243 g/mol. The molecule has 0 spiro atoms. The molecule has 0 heterocycles. The van der Waals surface area contributed by atoms with Crippen molar-refractivity contribution in [2.24, 2.45) is 5.84 Å². The molecule has 0 unspecified atom stereocenters. The average Bonchev–Trinajstić information content (AvgIpc) is 2.26. The van der Waals surface area contributed by atoms with Crippen molar-refractivity contribution in [1.29, 1.82) is 0 Å². The van der Waals surface area contributed by atoms with Crippen molar-refractivity contribution >= 4 is 11.8 Å². The van der Waals surface area contributed by atoms with Gasteiger partial charge < -0.3 is 5.32 Å². The molecule has 5 nitrogen and oxygen atoms in total. The van der Waals surface area contributed by atoms with Crippen molar-refractivity contribution in [2.45, 2.75) is 6.42 Å². The van der Waals surface area contributed by atoms with E-state index in [0.717, 1.165) is 18.2 Å². The van der Waals surface area contributed by atoms with E-state index in [1.165, 1.54) is 0 Å². The second kappa shape index (κ2) is 5.90. The van der Waals surface area contributed by atoms with Gasteiger partial charge in [0.15, 0.2) is 0 Å². The van der Waals surface area contributed by atoms with Crippen molar-refractivity contribution < 1.29 is 18.4 Å². The number of rotatable bonds is 3. The number of amides is 2. The Balaban J connectivity index is 2.46. The normalized spacial score (nSPS) is 9.82. The molecule has 0 aliphatic carbocycles. The minimum Gasteiger partial charge on any atom is -0.347 e. The van der Waals surface area contributed by atoms with Gasteiger partial charge in [-0.05, 0) is 24.1 Å². The molecule has 0 bridgehead atoms. The van der Waals surface area contributed by atoms with Crippen LogP contribution in [0.1, 0.15) is 5.56 Å². The molecular formula is C10H11F2N3O2. The third-order valence-corrected chi connectivity index (χ3v) is 1.96. The highest BCUT2D eigenvalue weighted by atomic mass is 19.1. The van der Waals surface area contributed by atoms with Crippen LogP contribution >= 0.6 is 0 Å². The summed E-state index contributed by atoms with van der Waals surface area (Å²) in [6.07, 6.45) is 0.207. The Morgan fingerprint density at radius 3 is 2.24 bits per heavy atom. The lowest BCUT2D eigenvalue weighted by atomic mass is 10.1. The van der Waals surface area contributed by atoms with Gasteiger partial charge in [-0.1, -0.05) is 0 Å². The van der Waals surface area contributed by atoms with Crippen LogP contribution in [0.5, 0.6) is 0 Å². The first kappa shape index (κ1) is 13.0. The summed E-state index contributed by atoms with van der Waals surface area (Å²) in [5.74, 6) is 1.48. The second-order valence-corrected chi connectivity index (χ2v) is 3.26. The Hall–Kier alpha value is -2.02. The first-order chi connectivity index (χ1) is 8.02. The maximum absolute atomic E-state index is 12.8. The van der Waals surface area contributed by atoms with E-state index in [4.69, 9.17) is 5.84 Å². The number of hydrogen-bond donors (Lipinski definition) is 3. The van der Waals surface area contributed by atoms with Crippen molar-refractivity contribution in [1.82, 2.24) is 10.7 Å². The summed E-state index contributed by atoms with van der Waals surface area (Å²) < 4.78 is 25.6. The molecule has 0 saturated carbocycles. The smallest absolute Gasteiger partial charge is 0.323 e. The number of carbonyl (C=O) groups excluding carboxylic acids is 2. The standard InChI is InChI=1S/C10H11F2N3O2/c11-7-3-6(4-8(12)5-7)1-2-14-9(16)10(17)15-13/h3-5H,1-2,13H2,(H,14,16)(H,15,17). The van der Waals surface area contributed by atoms with Crippen LogP contribution in [0, 0.1) is 11.6 Å². The molecule has 92 valence electrons. The molecule has 17 heavy (non-hydrogen) atoms. The number of nitrogens with two attached hydrogens (primary N) is 1. The van der Waals surface area contributed by atoms with Gasteiger partial charge in [0.2, 0.25) is 0 Å². The molecule has 4 N–H and O–H groups in total. The Morgan fingerprint density at radius 1 is 1.12 bits per heavy atom. The summed E-state index contributed by atoms with van der Waals surface area (Å²) in [5, 5.41) is 2.24. The fourth-order valence-corrected chi connectivity index (χ4v) is 1.22. The summed E-state index contributed by atoms with van der Waals surface area (Å²) in [5.41, 5.74) is 2.05. The first-order valence-corrected chi connectivity index (χ1v) is 4.76. The average molecular weight is 243 g/mol. The van der Waals surface area contributed by atoms with Gasteiger partial charge in [-0.25, -0.2) is 14.6 Å². The number of halogens is 2. The Labute approximate surface area is 96.0 Å². The van der Waals surface area contributed by atoms with E-state index in [9.17, 15) is 18.4 Å². The molecule has 0 aliphatic rings. The molecule has 2 amide bonds. The molecule has 1 aromatic carbocycles. The number of hydrogen-bond acceptors (Lipinski definition) is 3. The molecule has 1 rings (SSSR count). The van der Waals surface area contributed by atoms with Gasteiger partial charge in [-0.3, -0.25) is 15.0 Å². The van der Waals surface area contributed by atoms with Crippen LogP contribution in [-0.4, -0.2) is 18.4 Å². The number of hydrazine groups is 1. The van der Waals surface area contributed by atoms with Crippen LogP contribution in [0.2, 0.25) is 0 Å². The van der Waals surface area contributed by atoms with Crippen molar-refractivity contribution in [2.75, 3.05) is 6.54 Å². The van der Waals surface area contributed by atoms with Gasteiger partial charge >= 0.3 is 11.8 Å². The Bertz CT molecular complexity index is 417. The van der Waals surface area contributed by atoms with E-state index in [1.807, 2.05) is 0 Å². The number of benzene rings is 1. The Kier molecular flexibility index (Phi) is 4.53. The minimum absolute atomic E-state index is 0.0785. The number of nitrogens with one attached hydrogen (secondary N) is 2. The molecule has 0 radical (unpaired) electrons. The molecular weight excluding hydrogens is 232 g/mol. The van der Waals surface area contributed by atoms with Crippen LogP contribution in [-0.2, 0) is 16.0 Å². The summed E-state index contributed by atoms with van der Waals surface area (Å²) in [6, 6.07) is 3.06. The van der Waals surface area contributed by atoms with Crippen molar-refractivity contribution in [3.05, 3.63) is 35.4 Å². The van der Waals surface area contributed by atoms with Gasteiger partial charge in [0.05, 0.1) is 0 Å². The molecule has 7 heteroatoms. The van der Waals surface area contributed by atoms with Gasteiger partial charge in [-0.15, -0.1) is 0 Å². The maximum Gasteiger partial charge on any atom is 0.323 e. The molecule has 0 aliphatic heterocycles. The molecule has 0 saturated heterocycles. The quantitative estimate of drug-likeness (QED) is 0.293. The summed E-state index contributed by atoms with van der Waals surface area (Å²) >= 11 is 0. The SMILES string of the molecule is NNC(=O)C(=O)NCCc1cc(F)cc(F)c1. The molecule has 0 atom stereocenters. The van der Waals surface area contributed by atoms with Crippen LogP contribution in [0.15, 0.2) is 18.2 Å². The third-order valence-electron chi connectivity index (χ3n) is 1.96. The zero-order valence-corrected chi connectivity index (χ0v) is 8.80. The highest BCUT2D eigenvalue weighted by Gasteiger charge is 2.10. The highest BCUT2D eigenvalue weighted by Crippen LogP contribution is 2.07. The molecule has 0 aromatic heterocycles. The van der Waals surface area contributed by atoms with Gasteiger partial charge in [-0.2, -0.15) is 0 Å². The minimum atomic E-state index is -0.976. The van der Waals surface area contributed by atoms with E-state index < -0.39 is 23.4 Å². The number of carbonyl (C=O) groups is 2. The summed E-state index contributed by atoms with van der Waals surface area (Å²) in [4.78, 5) is 21.6. The topological polar surface area (TPSA) is 84.2 Å². The second-order valence-electron chi connectivity index (χ2n) is 3.26. The van der Waals surface area contributed by atoms with Crippen LogP contribution in [0.4, 0.5) is 8.78 Å². The Morgan fingerprint density at radius 2 is 1.71 bits per heavy atom. The van der Waals surface area contributed by atoms with Crippen molar-refractivity contribution in [3.63, 3.8) is 0 Å². The van der Waals surface area contributed by atoms with Gasteiger partial charge in [0, 0.05) is 12.6 Å². The van der Waals surface area contributed by atoms with Gasteiger partial charge in [0.1, 0.15) is 11.6 Å². The van der Waals surface area contributed by atoms with Crippen molar-refractivity contribution in [3.8, 4) is 0 Å². The lowest BCUT2D eigenvalue weighted by Gasteiger charge is -2.04. The lowest BCUT2D eigenvalue weighted by Crippen LogP contribution is -2.43. The zero-order valence-electron chi connectivity index (χ0n) is 8.80. The first-order valence-electron chi connectivity index (χ1n) is 4.76. The molecule has 0 fully saturated rings. The van der Waals surface area contributed by atoms with Crippen LogP contribution < -0.4 is 16.6 Å². The lowest BCUT2D eigenvalue weighted by molar-refractivity contribution is -0.139. The summed E-state index contributed by atoms with van der Waals surface area (Å²) in [6.45, 7) is 0.0785. The van der Waals surface area contributed by atoms with E-state index in [2.05, 4.69) is 5.32 Å². The van der Waals surface area contributed by atoms with E-state index in [-0.39, 0.29) is 13.0 Å². The fourth-order valence-electron chi connectivity index (χ4n) is 1.22. The largest absolute Gasteiger partial charge is 0.347 e. The predicted molar refractivity (Wildman–Crippen MR) is 55.4 cm³/mol. The summed E-state index contributed by atoms with van der Waals surface area (Å²) in [7, 11) is 0. The van der Waals surface area contributed by atoms with E-state index in [1.54, 1.807) is 5.43 Å². The van der Waals surface area contributed by atoms with Gasteiger partial charge in [0.25, 0.3) is 0 Å². The van der Waals surface area contributed by atoms with Crippen LogP contribution in [0.3, 0.4) is 0 Å². The highest BCUT2D eigenvalue weighted by molar-refractivity contribution is 6.34. The van der Waals surface area contributed by atoms with Crippen LogP contribution in [0.25, 0.3) is 0 Å². The fraction of sp³-hybridized carbons (Fsp3) is 0.200. The van der Waals surface area contributed by atoms with E-state index >= 15 is 0 Å². The van der Waals surface area contributed by atoms with E-state index in [0.29, 0.717) is 5.56 Å². The predicted octanol–water partition coefficient (Wildman–Crippen LogP) is -0.387. The maximum atomic E-state index is 12.8. The zero-order chi connectivity index (χ0) is 12.8.